The Kier molecular flexibility index (Phi) is 5.10. The first-order valence-electron chi connectivity index (χ1n) is 6.87. The molecule has 1 aromatic carbocycles. The molecule has 0 fully saturated rings. The van der Waals surface area contributed by atoms with Crippen molar-refractivity contribution in [2.45, 2.75) is 26.4 Å². The first-order valence-corrected chi connectivity index (χ1v) is 6.87. The van der Waals surface area contributed by atoms with Gasteiger partial charge in [0.2, 0.25) is 0 Å². The predicted octanol–water partition coefficient (Wildman–Crippen LogP) is 1.58. The summed E-state index contributed by atoms with van der Waals surface area (Å²) in [5.74, 6) is -0.969. The summed E-state index contributed by atoms with van der Waals surface area (Å²) >= 11 is 0. The summed E-state index contributed by atoms with van der Waals surface area (Å²) in [7, 11) is 0. The van der Waals surface area contributed by atoms with Gasteiger partial charge in [0.05, 0.1) is 17.8 Å². The van der Waals surface area contributed by atoms with Gasteiger partial charge in [-0.05, 0) is 17.7 Å². The van der Waals surface area contributed by atoms with E-state index < -0.39 is 18.0 Å². The molecule has 0 bridgehead atoms. The number of carbonyl (C=O) groups is 2. The van der Waals surface area contributed by atoms with Crippen molar-refractivity contribution >= 4 is 11.9 Å². The van der Waals surface area contributed by atoms with Gasteiger partial charge in [-0.2, -0.15) is 9.99 Å². The third-order valence-electron chi connectivity index (χ3n) is 3.00. The summed E-state index contributed by atoms with van der Waals surface area (Å²) in [6.45, 7) is 2.57. The number of imidazole rings is 1. The van der Waals surface area contributed by atoms with E-state index in [1.54, 1.807) is 24.3 Å². The van der Waals surface area contributed by atoms with Gasteiger partial charge < -0.3 is 9.57 Å². The molecule has 7 heteroatoms. The standard InChI is InChI=1S/C16H15N3O4/c1-11(20)22-16(7-13-3-5-14(8-17)6-4-13)15-9-18-10-19(15)23-12(2)21/h3-6,9-10,16H,7H2,1-2H3. The number of nitrogens with zero attached hydrogens (tertiary/aromatic N) is 3. The maximum absolute atomic E-state index is 11.4. The molecule has 1 atom stereocenters. The molecule has 0 aliphatic heterocycles. The van der Waals surface area contributed by atoms with Crippen LogP contribution in [0, 0.1) is 11.3 Å². The highest BCUT2D eigenvalue weighted by Crippen LogP contribution is 2.22. The fourth-order valence-corrected chi connectivity index (χ4v) is 2.07. The fourth-order valence-electron chi connectivity index (χ4n) is 2.07. The summed E-state index contributed by atoms with van der Waals surface area (Å²) in [6.07, 6.45) is 2.49. The van der Waals surface area contributed by atoms with Gasteiger partial charge in [-0.15, -0.1) is 0 Å². The van der Waals surface area contributed by atoms with Crippen molar-refractivity contribution < 1.29 is 19.2 Å². The topological polar surface area (TPSA) is 94.2 Å². The second kappa shape index (κ2) is 7.22. The van der Waals surface area contributed by atoms with E-state index in [4.69, 9.17) is 14.8 Å². The van der Waals surface area contributed by atoms with E-state index in [9.17, 15) is 9.59 Å². The molecule has 0 spiro atoms. The molecule has 7 nitrogen and oxygen atoms in total. The normalized spacial score (nSPS) is 11.3. The van der Waals surface area contributed by atoms with Crippen LogP contribution in [0.2, 0.25) is 0 Å². The van der Waals surface area contributed by atoms with Crippen molar-refractivity contribution in [1.29, 1.82) is 5.26 Å². The van der Waals surface area contributed by atoms with E-state index in [1.165, 1.54) is 31.1 Å². The molecule has 0 aliphatic carbocycles. The smallest absolute Gasteiger partial charge is 0.329 e. The van der Waals surface area contributed by atoms with Crippen LogP contribution in [0.5, 0.6) is 0 Å². The third kappa shape index (κ3) is 4.41. The molecule has 1 unspecified atom stereocenters. The average Bonchev–Trinajstić information content (AvgIpc) is 2.94. The van der Waals surface area contributed by atoms with Crippen molar-refractivity contribution in [1.82, 2.24) is 9.71 Å². The highest BCUT2D eigenvalue weighted by molar-refractivity contribution is 5.67. The molecule has 23 heavy (non-hydrogen) atoms. The van der Waals surface area contributed by atoms with E-state index in [0.717, 1.165) is 5.56 Å². The lowest BCUT2D eigenvalue weighted by Gasteiger charge is -2.18. The molecule has 118 valence electrons. The number of hydrogen-bond acceptors (Lipinski definition) is 6. The van der Waals surface area contributed by atoms with Crippen molar-refractivity contribution in [3.8, 4) is 6.07 Å². The Morgan fingerprint density at radius 2 is 1.96 bits per heavy atom. The molecule has 2 rings (SSSR count). The minimum Gasteiger partial charge on any atom is -0.456 e. The van der Waals surface area contributed by atoms with E-state index in [0.29, 0.717) is 17.7 Å². The molecule has 2 aromatic rings. The van der Waals surface area contributed by atoms with Crippen LogP contribution in [0.25, 0.3) is 0 Å². The summed E-state index contributed by atoms with van der Waals surface area (Å²) < 4.78 is 6.50. The van der Waals surface area contributed by atoms with Gasteiger partial charge in [0.25, 0.3) is 0 Å². The number of aromatic nitrogens is 2. The Balaban J connectivity index is 2.26. The largest absolute Gasteiger partial charge is 0.456 e. The van der Waals surface area contributed by atoms with E-state index in [-0.39, 0.29) is 0 Å². The molecule has 0 amide bonds. The van der Waals surface area contributed by atoms with Gasteiger partial charge in [0.1, 0.15) is 12.0 Å². The van der Waals surface area contributed by atoms with Crippen LogP contribution >= 0.6 is 0 Å². The van der Waals surface area contributed by atoms with Crippen LogP contribution in [0.3, 0.4) is 0 Å². The second-order valence-electron chi connectivity index (χ2n) is 4.84. The number of hydrogen-bond donors (Lipinski definition) is 0. The fraction of sp³-hybridized carbons (Fsp3) is 0.250. The molecular weight excluding hydrogens is 298 g/mol. The number of esters is 1. The van der Waals surface area contributed by atoms with Gasteiger partial charge in [-0.1, -0.05) is 12.1 Å². The summed E-state index contributed by atoms with van der Waals surface area (Å²) in [6, 6.07) is 8.97. The van der Waals surface area contributed by atoms with Gasteiger partial charge in [-0.3, -0.25) is 4.79 Å². The molecule has 0 N–H and O–H groups in total. The molecule has 0 radical (unpaired) electrons. The first kappa shape index (κ1) is 16.2. The number of benzene rings is 1. The van der Waals surface area contributed by atoms with Crippen molar-refractivity contribution in [2.24, 2.45) is 0 Å². The molecule has 0 aliphatic rings. The van der Waals surface area contributed by atoms with Crippen LogP contribution in [0.15, 0.2) is 36.8 Å². The van der Waals surface area contributed by atoms with Gasteiger partial charge in [0, 0.05) is 20.3 Å². The molecule has 1 heterocycles. The predicted molar refractivity (Wildman–Crippen MR) is 78.9 cm³/mol. The summed E-state index contributed by atoms with van der Waals surface area (Å²) in [5.41, 5.74) is 1.85. The van der Waals surface area contributed by atoms with E-state index in [1.807, 2.05) is 6.07 Å². The zero-order chi connectivity index (χ0) is 16.8. The maximum atomic E-state index is 11.4. The van der Waals surface area contributed by atoms with E-state index >= 15 is 0 Å². The lowest BCUT2D eigenvalue weighted by atomic mass is 10.0. The SMILES string of the molecule is CC(=O)OC(Cc1ccc(C#N)cc1)c1cncn1OC(C)=O. The number of carbonyl (C=O) groups excluding carboxylic acids is 2. The second-order valence-corrected chi connectivity index (χ2v) is 4.84. The Morgan fingerprint density at radius 1 is 1.26 bits per heavy atom. The van der Waals surface area contributed by atoms with Crippen molar-refractivity contribution in [2.75, 3.05) is 0 Å². The molecule has 1 aromatic heterocycles. The molecular formula is C16H15N3O4. The Labute approximate surface area is 133 Å². The van der Waals surface area contributed by atoms with E-state index in [2.05, 4.69) is 4.98 Å². The zero-order valence-electron chi connectivity index (χ0n) is 12.7. The highest BCUT2D eigenvalue weighted by Gasteiger charge is 2.21. The highest BCUT2D eigenvalue weighted by atomic mass is 16.7. The summed E-state index contributed by atoms with van der Waals surface area (Å²) in [5, 5.41) is 8.82. The third-order valence-corrected chi connectivity index (χ3v) is 3.00. The minimum absolute atomic E-state index is 0.359. The van der Waals surface area contributed by atoms with Crippen LogP contribution in [0.4, 0.5) is 0 Å². The number of rotatable bonds is 5. The summed E-state index contributed by atoms with van der Waals surface area (Å²) in [4.78, 5) is 31.4. The quantitative estimate of drug-likeness (QED) is 0.778. The maximum Gasteiger partial charge on any atom is 0.329 e. The van der Waals surface area contributed by atoms with Gasteiger partial charge in [0.15, 0.2) is 6.10 Å². The van der Waals surface area contributed by atoms with Crippen molar-refractivity contribution in [3.05, 3.63) is 53.6 Å². The number of ether oxygens (including phenoxy) is 1. The average molecular weight is 313 g/mol. The first-order chi connectivity index (χ1) is 11.0. The Hall–Kier alpha value is -3.14. The van der Waals surface area contributed by atoms with Crippen molar-refractivity contribution in [3.63, 3.8) is 0 Å². The lowest BCUT2D eigenvalue weighted by molar-refractivity contribution is -0.148. The van der Waals surface area contributed by atoms with Gasteiger partial charge in [-0.25, -0.2) is 9.78 Å². The molecule has 0 saturated carbocycles. The van der Waals surface area contributed by atoms with Crippen LogP contribution in [-0.2, 0) is 20.7 Å². The molecule has 0 saturated heterocycles. The van der Waals surface area contributed by atoms with Crippen LogP contribution < -0.4 is 4.84 Å². The van der Waals surface area contributed by atoms with Crippen LogP contribution in [0.1, 0.15) is 36.8 Å². The minimum atomic E-state index is -0.665. The number of nitriles is 1. The monoisotopic (exact) mass is 313 g/mol. The lowest BCUT2D eigenvalue weighted by Crippen LogP contribution is -2.22. The van der Waals surface area contributed by atoms with Gasteiger partial charge >= 0.3 is 11.9 Å². The Bertz CT molecular complexity index is 743. The zero-order valence-corrected chi connectivity index (χ0v) is 12.7. The van der Waals surface area contributed by atoms with Crippen LogP contribution in [-0.4, -0.2) is 21.7 Å². The Morgan fingerprint density at radius 3 is 2.52 bits per heavy atom.